The Hall–Kier alpha value is -2.44. The Kier molecular flexibility index (Phi) is 3.91. The van der Waals surface area contributed by atoms with Crippen molar-refractivity contribution in [3.05, 3.63) is 76.6 Å². The highest BCUT2D eigenvalue weighted by Gasteiger charge is 2.33. The normalized spacial score (nSPS) is 18.7. The zero-order valence-electron chi connectivity index (χ0n) is 13.5. The number of hydrogen-bond donors (Lipinski definition) is 0. The highest BCUT2D eigenvalue weighted by Crippen LogP contribution is 2.36. The molecule has 0 saturated carbocycles. The second-order valence-electron chi connectivity index (χ2n) is 6.43. The smallest absolute Gasteiger partial charge is 0.202 e. The number of fused-ring (bicyclic) bond motifs is 1. The first-order chi connectivity index (χ1) is 10.2. The molecule has 0 radical (unpaired) electrons. The Labute approximate surface area is 131 Å². The van der Waals surface area contributed by atoms with Crippen LogP contribution in [0, 0.1) is 5.41 Å². The van der Waals surface area contributed by atoms with Crippen LogP contribution in [-0.2, 0) is 9.59 Å². The van der Waals surface area contributed by atoms with Gasteiger partial charge in [-0.15, -0.1) is 5.73 Å². The first-order valence-corrected chi connectivity index (χ1v) is 7.21. The first-order valence-electron chi connectivity index (χ1n) is 7.21. The molecule has 0 spiro atoms. The maximum absolute atomic E-state index is 12.7. The van der Waals surface area contributed by atoms with Gasteiger partial charge in [0.2, 0.25) is 5.78 Å². The molecule has 2 aliphatic carbocycles. The van der Waals surface area contributed by atoms with Gasteiger partial charge in [-0.25, -0.2) is 0 Å². The van der Waals surface area contributed by atoms with Crippen molar-refractivity contribution in [2.24, 2.45) is 5.41 Å². The minimum Gasteiger partial charge on any atom is -0.289 e. The molecule has 0 aromatic carbocycles. The largest absolute Gasteiger partial charge is 0.289 e. The van der Waals surface area contributed by atoms with Crippen molar-refractivity contribution in [3.63, 3.8) is 0 Å². The van der Waals surface area contributed by atoms with Gasteiger partial charge in [-0.1, -0.05) is 52.2 Å². The third kappa shape index (κ3) is 2.43. The summed E-state index contributed by atoms with van der Waals surface area (Å²) in [6.07, 6.45) is 6.48. The summed E-state index contributed by atoms with van der Waals surface area (Å²) in [6, 6.07) is 0. The second-order valence-corrected chi connectivity index (χ2v) is 6.43. The van der Waals surface area contributed by atoms with Crippen LogP contribution in [0.1, 0.15) is 27.7 Å². The molecule has 0 bridgehead atoms. The van der Waals surface area contributed by atoms with Gasteiger partial charge < -0.3 is 0 Å². The fraction of sp³-hybridized carbons (Fsp3) is 0.250. The van der Waals surface area contributed by atoms with Gasteiger partial charge in [0.05, 0.1) is 5.57 Å². The molecular formula is C20H20O2. The standard InChI is InChI=1S/C20H20O2/c1-7-13-14(8-2)19(22)16-11-12(3)17(20(4,5)6)10-9-15(16)18(13)21/h7-10H,1-2H2,3-6H3. The van der Waals surface area contributed by atoms with Crippen LogP contribution in [0.4, 0.5) is 0 Å². The van der Waals surface area contributed by atoms with Crippen LogP contribution in [0.3, 0.4) is 0 Å². The van der Waals surface area contributed by atoms with Crippen molar-refractivity contribution in [1.82, 2.24) is 0 Å². The predicted molar refractivity (Wildman–Crippen MR) is 89.3 cm³/mol. The summed E-state index contributed by atoms with van der Waals surface area (Å²) in [6.45, 7) is 15.5. The Morgan fingerprint density at radius 1 is 1.00 bits per heavy atom. The molecule has 0 N–H and O–H groups in total. The summed E-state index contributed by atoms with van der Waals surface area (Å²) >= 11 is 0. The Morgan fingerprint density at radius 2 is 1.55 bits per heavy atom. The molecule has 2 heteroatoms. The Bertz CT molecular complexity index is 765. The molecule has 0 fully saturated rings. The third-order valence-corrected chi connectivity index (χ3v) is 3.87. The highest BCUT2D eigenvalue weighted by molar-refractivity contribution is 6.31. The quantitative estimate of drug-likeness (QED) is 0.715. The summed E-state index contributed by atoms with van der Waals surface area (Å²) in [5.74, 6) is -0.426. The summed E-state index contributed by atoms with van der Waals surface area (Å²) in [5, 5.41) is 0. The number of allylic oxidation sites excluding steroid dienone is 9. The topological polar surface area (TPSA) is 34.1 Å². The van der Waals surface area contributed by atoms with Crippen molar-refractivity contribution >= 4 is 11.6 Å². The number of carbonyl (C=O) groups is 2. The lowest BCUT2D eigenvalue weighted by atomic mass is 9.82. The van der Waals surface area contributed by atoms with Gasteiger partial charge in [-0.3, -0.25) is 9.59 Å². The summed E-state index contributed by atoms with van der Waals surface area (Å²) in [5.41, 5.74) is 6.28. The lowest BCUT2D eigenvalue weighted by Crippen LogP contribution is -2.22. The fourth-order valence-corrected chi connectivity index (χ4v) is 2.81. The predicted octanol–water partition coefficient (Wildman–Crippen LogP) is 4.19. The van der Waals surface area contributed by atoms with E-state index >= 15 is 0 Å². The monoisotopic (exact) mass is 292 g/mol. The van der Waals surface area contributed by atoms with Gasteiger partial charge in [0, 0.05) is 16.7 Å². The maximum Gasteiger partial charge on any atom is 0.202 e. The fourth-order valence-electron chi connectivity index (χ4n) is 2.81. The van der Waals surface area contributed by atoms with Gasteiger partial charge in [0.15, 0.2) is 5.78 Å². The Balaban J connectivity index is 2.81. The van der Waals surface area contributed by atoms with E-state index in [4.69, 9.17) is 0 Å². The van der Waals surface area contributed by atoms with Gasteiger partial charge in [0.25, 0.3) is 0 Å². The lowest BCUT2D eigenvalue weighted by molar-refractivity contribution is -0.116. The number of hydrogen-bond acceptors (Lipinski definition) is 2. The molecule has 112 valence electrons. The molecule has 0 saturated heterocycles. The van der Waals surface area contributed by atoms with Crippen LogP contribution in [-0.4, -0.2) is 11.6 Å². The lowest BCUT2D eigenvalue weighted by Gasteiger charge is -2.22. The van der Waals surface area contributed by atoms with Crippen molar-refractivity contribution in [3.8, 4) is 0 Å². The van der Waals surface area contributed by atoms with Gasteiger partial charge in [-0.05, 0) is 29.6 Å². The second kappa shape index (κ2) is 5.40. The van der Waals surface area contributed by atoms with Crippen LogP contribution in [0.5, 0.6) is 0 Å². The summed E-state index contributed by atoms with van der Waals surface area (Å²) < 4.78 is 0. The van der Waals surface area contributed by atoms with Crippen molar-refractivity contribution < 1.29 is 9.59 Å². The molecule has 0 aromatic rings. The number of ketones is 2. The van der Waals surface area contributed by atoms with Crippen LogP contribution in [0.25, 0.3) is 0 Å². The van der Waals surface area contributed by atoms with E-state index in [2.05, 4.69) is 39.7 Å². The number of Topliss-reactive ketones (excluding diaryl/α,β-unsaturated/α-hetero) is 2. The average molecular weight is 292 g/mol. The van der Waals surface area contributed by atoms with Crippen LogP contribution >= 0.6 is 0 Å². The third-order valence-electron chi connectivity index (χ3n) is 3.87. The van der Waals surface area contributed by atoms with Crippen LogP contribution in [0.2, 0.25) is 0 Å². The maximum atomic E-state index is 12.7. The van der Waals surface area contributed by atoms with E-state index in [1.807, 2.05) is 13.0 Å². The van der Waals surface area contributed by atoms with Crippen LogP contribution < -0.4 is 0 Å². The molecule has 0 aromatic heterocycles. The average Bonchev–Trinajstić information content (AvgIpc) is 2.61. The molecular weight excluding hydrogens is 272 g/mol. The number of carbonyl (C=O) groups excluding carboxylic acids is 2. The molecule has 0 aliphatic heterocycles. The van der Waals surface area contributed by atoms with E-state index in [0.29, 0.717) is 22.3 Å². The summed E-state index contributed by atoms with van der Waals surface area (Å²) in [4.78, 5) is 25.3. The molecule has 0 amide bonds. The van der Waals surface area contributed by atoms with Crippen molar-refractivity contribution in [2.45, 2.75) is 27.7 Å². The minimum atomic E-state index is -0.223. The SMILES string of the molecule is C=CC1=C(C=C)C(=O)C2=CC=C(C(C)(C)C)C(C)=C=C2C1=O. The molecule has 2 rings (SSSR count). The molecule has 0 heterocycles. The van der Waals surface area contributed by atoms with Crippen LogP contribution in [0.15, 0.2) is 76.6 Å². The molecule has 0 unspecified atom stereocenters. The van der Waals surface area contributed by atoms with Gasteiger partial charge in [0.1, 0.15) is 0 Å². The molecule has 2 aliphatic rings. The summed E-state index contributed by atoms with van der Waals surface area (Å²) in [7, 11) is 0. The van der Waals surface area contributed by atoms with E-state index in [-0.39, 0.29) is 17.0 Å². The van der Waals surface area contributed by atoms with Gasteiger partial charge >= 0.3 is 0 Å². The molecule has 0 atom stereocenters. The molecule has 2 nitrogen and oxygen atoms in total. The highest BCUT2D eigenvalue weighted by atomic mass is 16.1. The van der Waals surface area contributed by atoms with Gasteiger partial charge in [-0.2, -0.15) is 0 Å². The number of rotatable bonds is 2. The van der Waals surface area contributed by atoms with Crippen molar-refractivity contribution in [1.29, 1.82) is 0 Å². The Morgan fingerprint density at radius 3 is 2.05 bits per heavy atom. The van der Waals surface area contributed by atoms with E-state index in [1.165, 1.54) is 12.2 Å². The van der Waals surface area contributed by atoms with E-state index in [1.54, 1.807) is 6.08 Å². The van der Waals surface area contributed by atoms with E-state index < -0.39 is 0 Å². The van der Waals surface area contributed by atoms with E-state index in [9.17, 15) is 9.59 Å². The zero-order valence-corrected chi connectivity index (χ0v) is 13.5. The first kappa shape index (κ1) is 15.9. The van der Waals surface area contributed by atoms with E-state index in [0.717, 1.165) is 11.1 Å². The molecule has 22 heavy (non-hydrogen) atoms. The zero-order chi connectivity index (χ0) is 16.7. The van der Waals surface area contributed by atoms with Crippen molar-refractivity contribution in [2.75, 3.05) is 0 Å². The minimum absolute atomic E-state index is 0.0930.